The molecule has 0 amide bonds. The molecule has 2 rings (SSSR count). The third-order valence-corrected chi connectivity index (χ3v) is 4.95. The fourth-order valence-corrected chi connectivity index (χ4v) is 3.69. The van der Waals surface area contributed by atoms with Crippen LogP contribution in [0.25, 0.3) is 0 Å². The standard InChI is InChI=1S/C18H23NO3S/c1-4-22-18-11-9-17(10-12-18)15(3)19-23(20,21)13-16-7-5-14(2)6-8-16/h5-12,15,19H,4,13H2,1-3H3/t15-/m0/s1. The van der Waals surface area contributed by atoms with E-state index in [-0.39, 0.29) is 11.8 Å². The molecule has 0 aromatic heterocycles. The molecule has 0 saturated heterocycles. The van der Waals surface area contributed by atoms with E-state index in [2.05, 4.69) is 4.72 Å². The molecule has 23 heavy (non-hydrogen) atoms. The first-order chi connectivity index (χ1) is 10.9. The van der Waals surface area contributed by atoms with Crippen LogP contribution in [0.5, 0.6) is 5.75 Å². The van der Waals surface area contributed by atoms with Crippen LogP contribution in [0.15, 0.2) is 48.5 Å². The summed E-state index contributed by atoms with van der Waals surface area (Å²) in [4.78, 5) is 0. The van der Waals surface area contributed by atoms with Crippen LogP contribution in [0, 0.1) is 6.92 Å². The Bertz CT molecular complexity index is 722. The summed E-state index contributed by atoms with van der Waals surface area (Å²) in [6.45, 7) is 6.35. The smallest absolute Gasteiger partial charge is 0.216 e. The summed E-state index contributed by atoms with van der Waals surface area (Å²) in [5.74, 6) is 0.764. The number of aryl methyl sites for hydroxylation is 1. The number of sulfonamides is 1. The lowest BCUT2D eigenvalue weighted by atomic mass is 10.1. The van der Waals surface area contributed by atoms with E-state index in [1.165, 1.54) is 0 Å². The van der Waals surface area contributed by atoms with E-state index in [1.54, 1.807) is 0 Å². The number of rotatable bonds is 7. The zero-order valence-electron chi connectivity index (χ0n) is 13.7. The average molecular weight is 333 g/mol. The Morgan fingerprint density at radius 2 is 1.65 bits per heavy atom. The maximum absolute atomic E-state index is 12.3. The van der Waals surface area contributed by atoms with Crippen molar-refractivity contribution in [1.29, 1.82) is 0 Å². The third-order valence-electron chi connectivity index (χ3n) is 3.52. The van der Waals surface area contributed by atoms with Crippen LogP contribution in [0.4, 0.5) is 0 Å². The van der Waals surface area contributed by atoms with Crippen LogP contribution in [0.1, 0.15) is 36.6 Å². The number of hydrogen-bond acceptors (Lipinski definition) is 3. The van der Waals surface area contributed by atoms with Gasteiger partial charge in [-0.15, -0.1) is 0 Å². The molecule has 0 radical (unpaired) electrons. The Hall–Kier alpha value is -1.85. The lowest BCUT2D eigenvalue weighted by molar-refractivity contribution is 0.340. The highest BCUT2D eigenvalue weighted by Gasteiger charge is 2.16. The lowest BCUT2D eigenvalue weighted by Crippen LogP contribution is -2.28. The maximum Gasteiger partial charge on any atom is 0.216 e. The molecule has 0 unspecified atom stereocenters. The molecule has 0 aliphatic carbocycles. The lowest BCUT2D eigenvalue weighted by Gasteiger charge is -2.15. The second-order valence-electron chi connectivity index (χ2n) is 5.59. The average Bonchev–Trinajstić information content (AvgIpc) is 2.50. The first-order valence-corrected chi connectivity index (χ1v) is 9.33. The largest absolute Gasteiger partial charge is 0.494 e. The van der Waals surface area contributed by atoms with E-state index in [0.29, 0.717) is 6.61 Å². The molecule has 1 N–H and O–H groups in total. The van der Waals surface area contributed by atoms with Gasteiger partial charge >= 0.3 is 0 Å². The van der Waals surface area contributed by atoms with E-state index in [1.807, 2.05) is 69.3 Å². The molecule has 2 aromatic rings. The normalized spacial score (nSPS) is 12.8. The summed E-state index contributed by atoms with van der Waals surface area (Å²) in [7, 11) is -3.40. The fraction of sp³-hybridized carbons (Fsp3) is 0.333. The van der Waals surface area contributed by atoms with E-state index in [4.69, 9.17) is 4.74 Å². The highest BCUT2D eigenvalue weighted by molar-refractivity contribution is 7.88. The quantitative estimate of drug-likeness (QED) is 0.843. The minimum Gasteiger partial charge on any atom is -0.494 e. The van der Waals surface area contributed by atoms with E-state index in [9.17, 15) is 8.42 Å². The van der Waals surface area contributed by atoms with Crippen LogP contribution >= 0.6 is 0 Å². The fourth-order valence-electron chi connectivity index (χ4n) is 2.30. The molecular formula is C18H23NO3S. The van der Waals surface area contributed by atoms with Crippen molar-refractivity contribution in [3.05, 3.63) is 65.2 Å². The van der Waals surface area contributed by atoms with E-state index < -0.39 is 10.0 Å². The van der Waals surface area contributed by atoms with Gasteiger partial charge in [-0.3, -0.25) is 0 Å². The molecule has 124 valence electrons. The highest BCUT2D eigenvalue weighted by Crippen LogP contribution is 2.19. The molecule has 0 heterocycles. The minimum absolute atomic E-state index is 0.0192. The summed E-state index contributed by atoms with van der Waals surface area (Å²) >= 11 is 0. The first kappa shape index (κ1) is 17.5. The van der Waals surface area contributed by atoms with Crippen LogP contribution in [-0.2, 0) is 15.8 Å². The molecule has 1 atom stereocenters. The van der Waals surface area contributed by atoms with Gasteiger partial charge < -0.3 is 4.74 Å². The molecule has 4 nitrogen and oxygen atoms in total. The molecule has 2 aromatic carbocycles. The van der Waals surface area contributed by atoms with Crippen molar-refractivity contribution in [2.75, 3.05) is 6.61 Å². The molecule has 0 bridgehead atoms. The van der Waals surface area contributed by atoms with Crippen molar-refractivity contribution >= 4 is 10.0 Å². The minimum atomic E-state index is -3.40. The van der Waals surface area contributed by atoms with Crippen LogP contribution in [0.3, 0.4) is 0 Å². The van der Waals surface area contributed by atoms with Gasteiger partial charge in [0.1, 0.15) is 5.75 Å². The molecular weight excluding hydrogens is 310 g/mol. The Kier molecular flexibility index (Phi) is 5.80. The molecule has 5 heteroatoms. The zero-order valence-corrected chi connectivity index (χ0v) is 14.6. The summed E-state index contributed by atoms with van der Waals surface area (Å²) in [5, 5.41) is 0. The van der Waals surface area contributed by atoms with Crippen molar-refractivity contribution in [2.24, 2.45) is 0 Å². The second-order valence-corrected chi connectivity index (χ2v) is 7.34. The van der Waals surface area contributed by atoms with E-state index >= 15 is 0 Å². The Balaban J connectivity index is 2.02. The molecule has 0 fully saturated rings. The van der Waals surface area contributed by atoms with Crippen LogP contribution in [-0.4, -0.2) is 15.0 Å². The highest BCUT2D eigenvalue weighted by atomic mass is 32.2. The summed E-state index contributed by atoms with van der Waals surface area (Å²) in [5.41, 5.74) is 2.80. The van der Waals surface area contributed by atoms with Gasteiger partial charge in [0, 0.05) is 6.04 Å². The van der Waals surface area contributed by atoms with Crippen molar-refractivity contribution in [1.82, 2.24) is 4.72 Å². The maximum atomic E-state index is 12.3. The predicted molar refractivity (Wildman–Crippen MR) is 93.0 cm³/mol. The van der Waals surface area contributed by atoms with Crippen LogP contribution < -0.4 is 9.46 Å². The number of hydrogen-bond donors (Lipinski definition) is 1. The van der Waals surface area contributed by atoms with Gasteiger partial charge in [0.2, 0.25) is 10.0 Å². The monoisotopic (exact) mass is 333 g/mol. The molecule has 0 aliphatic rings. The van der Waals surface area contributed by atoms with Crippen LogP contribution in [0.2, 0.25) is 0 Å². The van der Waals surface area contributed by atoms with Gasteiger partial charge in [-0.25, -0.2) is 13.1 Å². The first-order valence-electron chi connectivity index (χ1n) is 7.68. The number of ether oxygens (including phenoxy) is 1. The summed E-state index contributed by atoms with van der Waals surface area (Å²) in [6, 6.07) is 14.7. The summed E-state index contributed by atoms with van der Waals surface area (Å²) < 4.78 is 32.7. The molecule has 0 spiro atoms. The number of benzene rings is 2. The van der Waals surface area contributed by atoms with Crippen molar-refractivity contribution < 1.29 is 13.2 Å². The topological polar surface area (TPSA) is 55.4 Å². The molecule has 0 aliphatic heterocycles. The van der Waals surface area contributed by atoms with Gasteiger partial charge in [0.15, 0.2) is 0 Å². The van der Waals surface area contributed by atoms with Crippen molar-refractivity contribution in [2.45, 2.75) is 32.6 Å². The number of nitrogens with one attached hydrogen (secondary N) is 1. The summed E-state index contributed by atoms with van der Waals surface area (Å²) in [6.07, 6.45) is 0. The van der Waals surface area contributed by atoms with Gasteiger partial charge in [-0.2, -0.15) is 0 Å². The Labute approximate surface area is 138 Å². The Morgan fingerprint density at radius 3 is 2.22 bits per heavy atom. The SMILES string of the molecule is CCOc1ccc([C@H](C)NS(=O)(=O)Cc2ccc(C)cc2)cc1. The zero-order chi connectivity index (χ0) is 16.9. The third kappa shape index (κ3) is 5.37. The van der Waals surface area contributed by atoms with Gasteiger partial charge in [-0.1, -0.05) is 42.0 Å². The van der Waals surface area contributed by atoms with Crippen molar-refractivity contribution in [3.8, 4) is 5.75 Å². The van der Waals surface area contributed by atoms with Gasteiger partial charge in [-0.05, 0) is 44.0 Å². The van der Waals surface area contributed by atoms with Gasteiger partial charge in [0.05, 0.1) is 12.4 Å². The van der Waals surface area contributed by atoms with Gasteiger partial charge in [0.25, 0.3) is 0 Å². The molecule has 0 saturated carbocycles. The van der Waals surface area contributed by atoms with Crippen molar-refractivity contribution in [3.63, 3.8) is 0 Å². The van der Waals surface area contributed by atoms with E-state index in [0.717, 1.165) is 22.4 Å². The Morgan fingerprint density at radius 1 is 1.04 bits per heavy atom. The predicted octanol–water partition coefficient (Wildman–Crippen LogP) is 3.57. The second kappa shape index (κ2) is 7.62.